The Morgan fingerprint density at radius 3 is 1.79 bits per heavy atom. The number of hydrogen-bond acceptors (Lipinski definition) is 2. The first-order chi connectivity index (χ1) is 11.0. The number of benzene rings is 2. The van der Waals surface area contributed by atoms with E-state index in [1.807, 2.05) is 6.07 Å². The van der Waals surface area contributed by atoms with Gasteiger partial charge in [-0.15, -0.1) is 10.2 Å². The maximum atomic E-state index is 4.70. The van der Waals surface area contributed by atoms with Gasteiger partial charge in [0.1, 0.15) is 11.0 Å². The number of hydrogen-bond donors (Lipinski definition) is 0. The molecule has 0 amide bonds. The highest BCUT2D eigenvalue weighted by atomic mass is 15.5. The Kier molecular flexibility index (Phi) is 3.78. The molecule has 1 aromatic heterocycles. The van der Waals surface area contributed by atoms with Gasteiger partial charge < -0.3 is 0 Å². The summed E-state index contributed by atoms with van der Waals surface area (Å²) in [6, 6.07) is 12.9. The van der Waals surface area contributed by atoms with E-state index in [-0.39, 0.29) is 10.8 Å². The first-order valence-electron chi connectivity index (χ1n) is 8.54. The summed E-state index contributed by atoms with van der Waals surface area (Å²) in [5.74, 6) is 0. The van der Waals surface area contributed by atoms with Crippen molar-refractivity contribution in [1.82, 2.24) is 15.0 Å². The molecule has 0 unspecified atom stereocenters. The Morgan fingerprint density at radius 2 is 1.25 bits per heavy atom. The van der Waals surface area contributed by atoms with Crippen LogP contribution in [0.5, 0.6) is 0 Å². The maximum absolute atomic E-state index is 4.70. The molecule has 3 heteroatoms. The Balaban J connectivity index is 2.21. The van der Waals surface area contributed by atoms with Crippen LogP contribution in [0.1, 0.15) is 58.2 Å². The van der Waals surface area contributed by atoms with Crippen molar-refractivity contribution in [3.05, 3.63) is 53.1 Å². The Bertz CT molecular complexity index is 857. The van der Waals surface area contributed by atoms with E-state index in [2.05, 4.69) is 83.9 Å². The third-order valence-corrected chi connectivity index (χ3v) is 4.42. The minimum absolute atomic E-state index is 0.0825. The zero-order chi connectivity index (χ0) is 17.7. The van der Waals surface area contributed by atoms with E-state index >= 15 is 0 Å². The summed E-state index contributed by atoms with van der Waals surface area (Å²) in [7, 11) is 0. The van der Waals surface area contributed by atoms with Crippen LogP contribution in [0, 0.1) is 6.92 Å². The molecular formula is C21H27N3. The van der Waals surface area contributed by atoms with Gasteiger partial charge in [0.05, 0.1) is 5.69 Å². The van der Waals surface area contributed by atoms with Crippen molar-refractivity contribution in [3.63, 3.8) is 0 Å². The van der Waals surface area contributed by atoms with Gasteiger partial charge in [-0.3, -0.25) is 0 Å². The first kappa shape index (κ1) is 16.7. The van der Waals surface area contributed by atoms with Gasteiger partial charge in [-0.2, -0.15) is 4.80 Å². The average molecular weight is 321 g/mol. The molecule has 3 nitrogen and oxygen atoms in total. The van der Waals surface area contributed by atoms with Gasteiger partial charge in [0.2, 0.25) is 0 Å². The highest BCUT2D eigenvalue weighted by Gasteiger charge is 2.21. The lowest BCUT2D eigenvalue weighted by Gasteiger charge is -2.25. The van der Waals surface area contributed by atoms with E-state index in [1.165, 1.54) is 16.7 Å². The molecule has 0 saturated carbocycles. The lowest BCUT2D eigenvalue weighted by Crippen LogP contribution is -2.17. The van der Waals surface area contributed by atoms with Crippen LogP contribution in [-0.4, -0.2) is 15.0 Å². The summed E-state index contributed by atoms with van der Waals surface area (Å²) < 4.78 is 0. The Labute approximate surface area is 144 Å². The van der Waals surface area contributed by atoms with E-state index in [1.54, 1.807) is 4.80 Å². The maximum Gasteiger partial charge on any atom is 0.113 e. The largest absolute Gasteiger partial charge is 0.150 e. The SMILES string of the molecule is Cc1ccc2nn(-c3cc(C(C)(C)C)cc(C(C)(C)C)c3)nc2c1. The van der Waals surface area contributed by atoms with Crippen LogP contribution in [0.3, 0.4) is 0 Å². The van der Waals surface area contributed by atoms with Crippen molar-refractivity contribution < 1.29 is 0 Å². The third kappa shape index (κ3) is 3.21. The zero-order valence-electron chi connectivity index (χ0n) is 15.8. The summed E-state index contributed by atoms with van der Waals surface area (Å²) in [5.41, 5.74) is 6.88. The van der Waals surface area contributed by atoms with Crippen molar-refractivity contribution in [1.29, 1.82) is 0 Å². The first-order valence-corrected chi connectivity index (χ1v) is 8.54. The van der Waals surface area contributed by atoms with Crippen LogP contribution in [0.2, 0.25) is 0 Å². The van der Waals surface area contributed by atoms with E-state index in [9.17, 15) is 0 Å². The molecule has 0 atom stereocenters. The lowest BCUT2D eigenvalue weighted by atomic mass is 9.80. The number of aryl methyl sites for hydroxylation is 1. The number of nitrogens with zero attached hydrogens (tertiary/aromatic N) is 3. The molecule has 0 aliphatic rings. The third-order valence-electron chi connectivity index (χ3n) is 4.42. The van der Waals surface area contributed by atoms with Crippen LogP contribution < -0.4 is 0 Å². The van der Waals surface area contributed by atoms with Crippen molar-refractivity contribution in [2.75, 3.05) is 0 Å². The van der Waals surface area contributed by atoms with Gasteiger partial charge >= 0.3 is 0 Å². The monoisotopic (exact) mass is 321 g/mol. The van der Waals surface area contributed by atoms with Gasteiger partial charge in [0, 0.05) is 0 Å². The summed E-state index contributed by atoms with van der Waals surface area (Å²) in [6.45, 7) is 15.5. The van der Waals surface area contributed by atoms with Gasteiger partial charge in [-0.05, 0) is 58.7 Å². The van der Waals surface area contributed by atoms with Gasteiger partial charge in [-0.1, -0.05) is 53.7 Å². The topological polar surface area (TPSA) is 30.7 Å². The van der Waals surface area contributed by atoms with Gasteiger partial charge in [0.25, 0.3) is 0 Å². The molecule has 0 radical (unpaired) electrons. The normalized spacial score (nSPS) is 12.8. The molecule has 126 valence electrons. The lowest BCUT2D eigenvalue weighted by molar-refractivity contribution is 0.566. The van der Waals surface area contributed by atoms with Gasteiger partial charge in [0.15, 0.2) is 0 Å². The van der Waals surface area contributed by atoms with Crippen molar-refractivity contribution >= 4 is 11.0 Å². The molecule has 0 saturated heterocycles. The van der Waals surface area contributed by atoms with Crippen molar-refractivity contribution in [3.8, 4) is 5.69 Å². The molecule has 0 aliphatic carbocycles. The minimum atomic E-state index is 0.0825. The molecule has 2 aromatic carbocycles. The molecule has 1 heterocycles. The van der Waals surface area contributed by atoms with E-state index < -0.39 is 0 Å². The molecule has 0 N–H and O–H groups in total. The van der Waals surface area contributed by atoms with Crippen LogP contribution in [0.25, 0.3) is 16.7 Å². The van der Waals surface area contributed by atoms with Crippen molar-refractivity contribution in [2.24, 2.45) is 0 Å². The second-order valence-electron chi connectivity index (χ2n) is 8.75. The molecule has 0 bridgehead atoms. The predicted molar refractivity (Wildman–Crippen MR) is 101 cm³/mol. The van der Waals surface area contributed by atoms with Crippen LogP contribution in [-0.2, 0) is 10.8 Å². The fourth-order valence-corrected chi connectivity index (χ4v) is 2.73. The number of rotatable bonds is 1. The molecule has 3 rings (SSSR count). The number of aromatic nitrogens is 3. The zero-order valence-corrected chi connectivity index (χ0v) is 15.8. The van der Waals surface area contributed by atoms with Crippen molar-refractivity contribution in [2.45, 2.75) is 59.3 Å². The second-order valence-corrected chi connectivity index (χ2v) is 8.75. The molecule has 0 aliphatic heterocycles. The van der Waals surface area contributed by atoms with Gasteiger partial charge in [-0.25, -0.2) is 0 Å². The average Bonchev–Trinajstić information content (AvgIpc) is 2.88. The second kappa shape index (κ2) is 5.44. The quantitative estimate of drug-likeness (QED) is 0.607. The molecule has 3 aromatic rings. The number of fused-ring (bicyclic) bond motifs is 1. The van der Waals surface area contributed by atoms with E-state index in [0.717, 1.165) is 16.7 Å². The smallest absolute Gasteiger partial charge is 0.113 e. The fraction of sp³-hybridized carbons (Fsp3) is 0.429. The molecular weight excluding hydrogens is 294 g/mol. The van der Waals surface area contributed by atoms with Crippen LogP contribution >= 0.6 is 0 Å². The summed E-state index contributed by atoms with van der Waals surface area (Å²) in [4.78, 5) is 1.77. The molecule has 24 heavy (non-hydrogen) atoms. The van der Waals surface area contributed by atoms with Crippen LogP contribution in [0.4, 0.5) is 0 Å². The summed E-state index contributed by atoms with van der Waals surface area (Å²) in [6.07, 6.45) is 0. The summed E-state index contributed by atoms with van der Waals surface area (Å²) >= 11 is 0. The highest BCUT2D eigenvalue weighted by molar-refractivity contribution is 5.74. The van der Waals surface area contributed by atoms with E-state index in [4.69, 9.17) is 5.10 Å². The minimum Gasteiger partial charge on any atom is -0.150 e. The molecule has 0 fully saturated rings. The Hall–Kier alpha value is -2.16. The standard InChI is InChI=1S/C21H27N3/c1-14-8-9-18-19(10-14)23-24(22-18)17-12-15(20(2,3)4)11-16(13-17)21(5,6)7/h8-13H,1-7H3. The molecule has 0 spiro atoms. The summed E-state index contributed by atoms with van der Waals surface area (Å²) in [5, 5.41) is 9.37. The Morgan fingerprint density at radius 1 is 0.708 bits per heavy atom. The van der Waals surface area contributed by atoms with E-state index in [0.29, 0.717) is 0 Å². The fourth-order valence-electron chi connectivity index (χ4n) is 2.73. The highest BCUT2D eigenvalue weighted by Crippen LogP contribution is 2.31. The van der Waals surface area contributed by atoms with Crippen LogP contribution in [0.15, 0.2) is 36.4 Å². The predicted octanol–water partition coefficient (Wildman–Crippen LogP) is 5.32.